The minimum absolute atomic E-state index is 0.346. The Hall–Kier alpha value is -3.29. The van der Waals surface area contributed by atoms with Crippen LogP contribution in [0.4, 0.5) is 41.9 Å². The number of alkyl halides is 3. The summed E-state index contributed by atoms with van der Waals surface area (Å²) in [5.74, 6) is 0.935. The van der Waals surface area contributed by atoms with Crippen molar-refractivity contribution in [2.24, 2.45) is 0 Å². The molecule has 2 aromatic carbocycles. The SMILES string of the molecule is Nc1c(Nc2ccc(C(F)(F)F)cc2)ncnc1N1CCCc2ccccc21. The van der Waals surface area contributed by atoms with Crippen LogP contribution in [0.2, 0.25) is 0 Å². The molecule has 0 spiro atoms. The topological polar surface area (TPSA) is 67.1 Å². The number of aryl methyl sites for hydroxylation is 1. The van der Waals surface area contributed by atoms with Crippen LogP contribution >= 0.6 is 0 Å². The lowest BCUT2D eigenvalue weighted by molar-refractivity contribution is -0.137. The van der Waals surface area contributed by atoms with Crippen LogP contribution in [0.25, 0.3) is 0 Å². The number of rotatable bonds is 3. The Morgan fingerprint density at radius 1 is 1.00 bits per heavy atom. The minimum Gasteiger partial charge on any atom is -0.393 e. The van der Waals surface area contributed by atoms with E-state index in [1.54, 1.807) is 0 Å². The third-order valence-corrected chi connectivity index (χ3v) is 4.70. The molecule has 144 valence electrons. The van der Waals surface area contributed by atoms with Crippen LogP contribution in [0.3, 0.4) is 0 Å². The maximum atomic E-state index is 12.7. The van der Waals surface area contributed by atoms with Crippen molar-refractivity contribution in [3.8, 4) is 0 Å². The monoisotopic (exact) mass is 385 g/mol. The third-order valence-electron chi connectivity index (χ3n) is 4.70. The second kappa shape index (κ2) is 7.03. The smallest absolute Gasteiger partial charge is 0.393 e. The fourth-order valence-electron chi connectivity index (χ4n) is 3.33. The maximum Gasteiger partial charge on any atom is 0.416 e. The predicted molar refractivity (Wildman–Crippen MR) is 103 cm³/mol. The number of aromatic nitrogens is 2. The zero-order valence-corrected chi connectivity index (χ0v) is 14.9. The first-order chi connectivity index (χ1) is 13.4. The first-order valence-corrected chi connectivity index (χ1v) is 8.83. The number of nitrogens with zero attached hydrogens (tertiary/aromatic N) is 3. The molecule has 0 saturated heterocycles. The average Bonchev–Trinajstić information content (AvgIpc) is 2.69. The Morgan fingerprint density at radius 3 is 2.50 bits per heavy atom. The van der Waals surface area contributed by atoms with E-state index >= 15 is 0 Å². The molecular formula is C20H18F3N5. The molecule has 0 fully saturated rings. The fraction of sp³-hybridized carbons (Fsp3) is 0.200. The standard InChI is InChI=1S/C20H18F3N5/c21-20(22,23)14-7-9-15(10-8-14)27-18-17(24)19(26-12-25-18)28-11-3-5-13-4-1-2-6-16(13)28/h1-2,4,6-10,12H,3,5,11,24H2,(H,25,26,27). The highest BCUT2D eigenvalue weighted by molar-refractivity contribution is 5.82. The van der Waals surface area contributed by atoms with Gasteiger partial charge < -0.3 is 16.0 Å². The molecule has 1 aliphatic rings. The van der Waals surface area contributed by atoms with Gasteiger partial charge in [0.2, 0.25) is 0 Å². The van der Waals surface area contributed by atoms with Gasteiger partial charge in [-0.1, -0.05) is 18.2 Å². The molecule has 2 heterocycles. The minimum atomic E-state index is -4.37. The van der Waals surface area contributed by atoms with Gasteiger partial charge in [0.05, 0.1) is 5.56 Å². The van der Waals surface area contributed by atoms with Crippen LogP contribution in [-0.2, 0) is 12.6 Å². The lowest BCUT2D eigenvalue weighted by Crippen LogP contribution is -2.26. The van der Waals surface area contributed by atoms with Crippen molar-refractivity contribution in [1.29, 1.82) is 0 Å². The van der Waals surface area contributed by atoms with Gasteiger partial charge in [0, 0.05) is 17.9 Å². The van der Waals surface area contributed by atoms with Crippen molar-refractivity contribution < 1.29 is 13.2 Å². The van der Waals surface area contributed by atoms with Crippen molar-refractivity contribution in [3.63, 3.8) is 0 Å². The second-order valence-electron chi connectivity index (χ2n) is 6.54. The summed E-state index contributed by atoms with van der Waals surface area (Å²) in [5, 5.41) is 2.98. The number of anilines is 5. The Balaban J connectivity index is 1.63. The molecule has 1 aliphatic heterocycles. The first kappa shape index (κ1) is 18.1. The molecule has 0 unspecified atom stereocenters. The maximum absolute atomic E-state index is 12.7. The van der Waals surface area contributed by atoms with Gasteiger partial charge in [-0.05, 0) is 48.7 Å². The number of hydrogen-bond acceptors (Lipinski definition) is 5. The molecule has 3 aromatic rings. The molecular weight excluding hydrogens is 367 g/mol. The van der Waals surface area contributed by atoms with Gasteiger partial charge in [-0.3, -0.25) is 0 Å². The lowest BCUT2D eigenvalue weighted by atomic mass is 10.0. The van der Waals surface area contributed by atoms with Gasteiger partial charge in [0.1, 0.15) is 12.0 Å². The molecule has 28 heavy (non-hydrogen) atoms. The van der Waals surface area contributed by atoms with E-state index in [1.807, 2.05) is 23.1 Å². The molecule has 0 amide bonds. The van der Waals surface area contributed by atoms with E-state index in [4.69, 9.17) is 5.73 Å². The van der Waals surface area contributed by atoms with Gasteiger partial charge in [-0.25, -0.2) is 9.97 Å². The number of nitrogens with two attached hydrogens (primary N) is 1. The van der Waals surface area contributed by atoms with Crippen LogP contribution in [0, 0.1) is 0 Å². The number of nitrogen functional groups attached to an aromatic ring is 1. The van der Waals surface area contributed by atoms with Crippen LogP contribution in [-0.4, -0.2) is 16.5 Å². The Labute approximate surface area is 160 Å². The zero-order chi connectivity index (χ0) is 19.7. The highest BCUT2D eigenvalue weighted by atomic mass is 19.4. The number of para-hydroxylation sites is 1. The highest BCUT2D eigenvalue weighted by Gasteiger charge is 2.30. The Bertz CT molecular complexity index is 986. The summed E-state index contributed by atoms with van der Waals surface area (Å²) in [7, 11) is 0. The predicted octanol–water partition coefficient (Wildman–Crippen LogP) is 4.91. The summed E-state index contributed by atoms with van der Waals surface area (Å²) in [5.41, 5.74) is 8.69. The zero-order valence-electron chi connectivity index (χ0n) is 14.9. The van der Waals surface area contributed by atoms with Crippen LogP contribution in [0.15, 0.2) is 54.9 Å². The summed E-state index contributed by atoms with van der Waals surface area (Å²) in [4.78, 5) is 10.6. The quantitative estimate of drug-likeness (QED) is 0.671. The lowest BCUT2D eigenvalue weighted by Gasteiger charge is -2.31. The molecule has 0 aliphatic carbocycles. The van der Waals surface area contributed by atoms with Gasteiger partial charge in [0.25, 0.3) is 0 Å². The van der Waals surface area contributed by atoms with E-state index in [2.05, 4.69) is 21.4 Å². The van der Waals surface area contributed by atoms with Crippen LogP contribution in [0.5, 0.6) is 0 Å². The second-order valence-corrected chi connectivity index (χ2v) is 6.54. The Kier molecular flexibility index (Phi) is 4.54. The molecule has 8 heteroatoms. The van der Waals surface area contributed by atoms with E-state index in [9.17, 15) is 13.2 Å². The average molecular weight is 385 g/mol. The largest absolute Gasteiger partial charge is 0.416 e. The molecule has 0 radical (unpaired) electrons. The van der Waals surface area contributed by atoms with Crippen molar-refractivity contribution in [3.05, 3.63) is 66.0 Å². The highest BCUT2D eigenvalue weighted by Crippen LogP contribution is 2.37. The normalized spacial score (nSPS) is 13.9. The summed E-state index contributed by atoms with van der Waals surface area (Å²) >= 11 is 0. The summed E-state index contributed by atoms with van der Waals surface area (Å²) in [6.45, 7) is 0.776. The van der Waals surface area contributed by atoms with Crippen molar-refractivity contribution in [2.45, 2.75) is 19.0 Å². The molecule has 0 saturated carbocycles. The summed E-state index contributed by atoms with van der Waals surface area (Å²) < 4.78 is 38.2. The number of halogens is 3. The summed E-state index contributed by atoms with van der Waals surface area (Å²) in [6, 6.07) is 12.8. The van der Waals surface area contributed by atoms with Crippen LogP contribution < -0.4 is 16.0 Å². The Morgan fingerprint density at radius 2 is 1.75 bits per heavy atom. The number of hydrogen-bond donors (Lipinski definition) is 2. The molecule has 0 bridgehead atoms. The first-order valence-electron chi connectivity index (χ1n) is 8.83. The van der Waals surface area contributed by atoms with Gasteiger partial charge in [-0.2, -0.15) is 13.2 Å². The van der Waals surface area contributed by atoms with Crippen molar-refractivity contribution >= 4 is 28.7 Å². The van der Waals surface area contributed by atoms with E-state index < -0.39 is 11.7 Å². The summed E-state index contributed by atoms with van der Waals surface area (Å²) in [6.07, 6.45) is -1.01. The van der Waals surface area contributed by atoms with Gasteiger partial charge in [-0.15, -0.1) is 0 Å². The molecule has 4 rings (SSSR count). The molecule has 3 N–H and O–H groups in total. The van der Waals surface area contributed by atoms with Crippen LogP contribution in [0.1, 0.15) is 17.5 Å². The van der Waals surface area contributed by atoms with Crippen molar-refractivity contribution in [2.75, 3.05) is 22.5 Å². The molecule has 5 nitrogen and oxygen atoms in total. The third kappa shape index (κ3) is 3.45. The fourth-order valence-corrected chi connectivity index (χ4v) is 3.33. The molecule has 1 aromatic heterocycles. The number of nitrogens with one attached hydrogen (secondary N) is 1. The van der Waals surface area contributed by atoms with Crippen molar-refractivity contribution in [1.82, 2.24) is 9.97 Å². The number of fused-ring (bicyclic) bond motifs is 1. The van der Waals surface area contributed by atoms with E-state index in [1.165, 1.54) is 24.0 Å². The van der Waals surface area contributed by atoms with E-state index in [0.29, 0.717) is 23.0 Å². The molecule has 0 atom stereocenters. The van der Waals surface area contributed by atoms with E-state index in [-0.39, 0.29) is 0 Å². The van der Waals surface area contributed by atoms with Gasteiger partial charge in [0.15, 0.2) is 11.6 Å². The number of benzene rings is 2. The van der Waals surface area contributed by atoms with Gasteiger partial charge >= 0.3 is 6.18 Å². The van der Waals surface area contributed by atoms with E-state index in [0.717, 1.165) is 37.2 Å².